The Hall–Kier alpha value is -3.16. The number of hydrogen-bond donors (Lipinski definition) is 0. The number of ether oxygens (including phenoxy) is 3. The van der Waals surface area contributed by atoms with E-state index in [1.807, 2.05) is 20.8 Å². The van der Waals surface area contributed by atoms with E-state index in [0.717, 1.165) is 0 Å². The number of fused-ring (bicyclic) bond motifs is 1. The fourth-order valence-corrected chi connectivity index (χ4v) is 4.18. The molecule has 0 bridgehead atoms. The average Bonchev–Trinajstić information content (AvgIpc) is 3.18. The van der Waals surface area contributed by atoms with Crippen molar-refractivity contribution < 1.29 is 28.2 Å². The van der Waals surface area contributed by atoms with Crippen molar-refractivity contribution in [1.82, 2.24) is 9.88 Å². The van der Waals surface area contributed by atoms with Crippen molar-refractivity contribution in [1.29, 1.82) is 0 Å². The van der Waals surface area contributed by atoms with Crippen molar-refractivity contribution in [2.75, 3.05) is 20.2 Å². The largest absolute Gasteiger partial charge is 0.474 e. The predicted octanol–water partition coefficient (Wildman–Crippen LogP) is 4.41. The smallest absolute Gasteiger partial charge is 0.410 e. The van der Waals surface area contributed by atoms with Crippen LogP contribution in [-0.4, -0.2) is 53.9 Å². The number of benzene rings is 1. The van der Waals surface area contributed by atoms with E-state index in [4.69, 9.17) is 14.2 Å². The molecule has 1 amide bonds. The standard InChI is InChI=1S/C25H29FN2O5/c1-14(23(29)31-5)16-10-20(15-6-8-17(26)9-7-15)27-21(11-16)32-22-18-12-28(13-19(18)22)24(30)33-25(2,3)4/h6-11,14,18-19,22H,12-13H2,1-5H3/t14?,18-,19+,22?. The molecule has 0 radical (unpaired) electrons. The molecule has 0 N–H and O–H groups in total. The average molecular weight is 457 g/mol. The third kappa shape index (κ3) is 5.10. The van der Waals surface area contributed by atoms with Crippen LogP contribution in [0.25, 0.3) is 11.3 Å². The maximum Gasteiger partial charge on any atom is 0.410 e. The lowest BCUT2D eigenvalue weighted by Gasteiger charge is -2.26. The van der Waals surface area contributed by atoms with Gasteiger partial charge in [0.25, 0.3) is 0 Å². The molecule has 1 aliphatic heterocycles. The Morgan fingerprint density at radius 1 is 1.12 bits per heavy atom. The zero-order valence-corrected chi connectivity index (χ0v) is 19.5. The van der Waals surface area contributed by atoms with Gasteiger partial charge in [0.2, 0.25) is 5.88 Å². The van der Waals surface area contributed by atoms with Crippen LogP contribution in [0.15, 0.2) is 36.4 Å². The first-order valence-electron chi connectivity index (χ1n) is 11.1. The molecule has 8 heteroatoms. The van der Waals surface area contributed by atoms with E-state index in [-0.39, 0.29) is 35.8 Å². The van der Waals surface area contributed by atoms with Crippen LogP contribution in [0.5, 0.6) is 5.88 Å². The number of amides is 1. The Morgan fingerprint density at radius 3 is 2.33 bits per heavy atom. The zero-order chi connectivity index (χ0) is 23.9. The first kappa shape index (κ1) is 23.0. The monoisotopic (exact) mass is 456 g/mol. The number of rotatable bonds is 5. The predicted molar refractivity (Wildman–Crippen MR) is 119 cm³/mol. The molecule has 2 fully saturated rings. The normalized spacial score (nSPS) is 22.4. The van der Waals surface area contributed by atoms with Crippen LogP contribution < -0.4 is 4.74 Å². The van der Waals surface area contributed by atoms with Crippen LogP contribution >= 0.6 is 0 Å². The SMILES string of the molecule is COC(=O)C(C)c1cc(OC2[C@H]3CN(C(=O)OC(C)(C)C)C[C@@H]23)nc(-c2ccc(F)cc2)c1. The summed E-state index contributed by atoms with van der Waals surface area (Å²) in [4.78, 5) is 30.8. The van der Waals surface area contributed by atoms with Crippen molar-refractivity contribution in [3.8, 4) is 17.1 Å². The number of nitrogens with zero attached hydrogens (tertiary/aromatic N) is 2. The zero-order valence-electron chi connectivity index (χ0n) is 19.5. The molecule has 2 heterocycles. The molecule has 4 atom stereocenters. The molecule has 2 unspecified atom stereocenters. The summed E-state index contributed by atoms with van der Waals surface area (Å²) in [5.74, 6) is -0.389. The molecule has 1 aliphatic carbocycles. The number of methoxy groups -OCH3 is 1. The Labute approximate surface area is 192 Å². The molecule has 33 heavy (non-hydrogen) atoms. The number of likely N-dealkylation sites (tertiary alicyclic amines) is 1. The summed E-state index contributed by atoms with van der Waals surface area (Å²) < 4.78 is 29.9. The lowest BCUT2D eigenvalue weighted by Crippen LogP contribution is -2.38. The van der Waals surface area contributed by atoms with Crippen LogP contribution in [0, 0.1) is 17.7 Å². The van der Waals surface area contributed by atoms with E-state index in [1.54, 1.807) is 36.1 Å². The van der Waals surface area contributed by atoms with E-state index in [9.17, 15) is 14.0 Å². The molecular formula is C25H29FN2O5. The third-order valence-corrected chi connectivity index (χ3v) is 6.04. The molecule has 176 valence electrons. The Bertz CT molecular complexity index is 1040. The summed E-state index contributed by atoms with van der Waals surface area (Å²) in [7, 11) is 1.35. The Morgan fingerprint density at radius 2 is 1.76 bits per heavy atom. The molecule has 1 saturated heterocycles. The lowest BCUT2D eigenvalue weighted by molar-refractivity contribution is -0.142. The van der Waals surface area contributed by atoms with Gasteiger partial charge in [-0.3, -0.25) is 4.79 Å². The molecule has 1 saturated carbocycles. The van der Waals surface area contributed by atoms with Crippen LogP contribution in [0.3, 0.4) is 0 Å². The quantitative estimate of drug-likeness (QED) is 0.621. The summed E-state index contributed by atoms with van der Waals surface area (Å²) in [6, 6.07) is 9.54. The number of aromatic nitrogens is 1. The van der Waals surface area contributed by atoms with Gasteiger partial charge in [-0.2, -0.15) is 0 Å². The fourth-order valence-electron chi connectivity index (χ4n) is 4.18. The van der Waals surface area contributed by atoms with E-state index >= 15 is 0 Å². The van der Waals surface area contributed by atoms with Gasteiger partial charge in [-0.05, 0) is 63.6 Å². The number of halogens is 1. The van der Waals surface area contributed by atoms with Gasteiger partial charge in [0.05, 0.1) is 18.7 Å². The second-order valence-electron chi connectivity index (χ2n) is 9.67. The molecule has 2 aromatic rings. The van der Waals surface area contributed by atoms with Crippen molar-refractivity contribution in [3.63, 3.8) is 0 Å². The maximum absolute atomic E-state index is 13.4. The Balaban J connectivity index is 1.50. The van der Waals surface area contributed by atoms with Gasteiger partial charge in [-0.25, -0.2) is 14.2 Å². The second-order valence-corrected chi connectivity index (χ2v) is 9.67. The lowest BCUT2D eigenvalue weighted by atomic mass is 9.99. The number of pyridine rings is 1. The van der Waals surface area contributed by atoms with Gasteiger partial charge in [0.15, 0.2) is 0 Å². The Kier molecular flexibility index (Phi) is 6.03. The van der Waals surface area contributed by atoms with Gasteiger partial charge >= 0.3 is 12.1 Å². The van der Waals surface area contributed by atoms with Crippen LogP contribution in [0.2, 0.25) is 0 Å². The minimum atomic E-state index is -0.531. The third-order valence-electron chi connectivity index (χ3n) is 6.04. The summed E-state index contributed by atoms with van der Waals surface area (Å²) in [5, 5.41) is 0. The van der Waals surface area contributed by atoms with E-state index in [1.165, 1.54) is 19.2 Å². The van der Waals surface area contributed by atoms with Crippen molar-refractivity contribution in [3.05, 3.63) is 47.8 Å². The van der Waals surface area contributed by atoms with Gasteiger partial charge in [-0.1, -0.05) is 0 Å². The van der Waals surface area contributed by atoms with Gasteiger partial charge in [0, 0.05) is 36.6 Å². The van der Waals surface area contributed by atoms with Crippen molar-refractivity contribution in [2.45, 2.75) is 45.3 Å². The van der Waals surface area contributed by atoms with E-state index < -0.39 is 11.5 Å². The highest BCUT2D eigenvalue weighted by Gasteiger charge is 2.59. The minimum absolute atomic E-state index is 0.0547. The highest BCUT2D eigenvalue weighted by molar-refractivity contribution is 5.78. The van der Waals surface area contributed by atoms with Crippen molar-refractivity contribution >= 4 is 12.1 Å². The fraction of sp³-hybridized carbons (Fsp3) is 0.480. The number of esters is 1. The van der Waals surface area contributed by atoms with Crippen LogP contribution in [-0.2, 0) is 14.3 Å². The first-order valence-corrected chi connectivity index (χ1v) is 11.1. The van der Waals surface area contributed by atoms with E-state index in [0.29, 0.717) is 35.8 Å². The number of piperidine rings is 1. The molecule has 1 aromatic carbocycles. The minimum Gasteiger partial charge on any atom is -0.474 e. The number of carbonyl (C=O) groups excluding carboxylic acids is 2. The molecule has 4 rings (SSSR count). The number of carbonyl (C=O) groups is 2. The first-order chi connectivity index (χ1) is 15.6. The van der Waals surface area contributed by atoms with Crippen LogP contribution in [0.1, 0.15) is 39.2 Å². The number of hydrogen-bond acceptors (Lipinski definition) is 6. The topological polar surface area (TPSA) is 78.0 Å². The summed E-state index contributed by atoms with van der Waals surface area (Å²) in [6.45, 7) is 8.45. The highest BCUT2D eigenvalue weighted by Crippen LogP contribution is 2.48. The van der Waals surface area contributed by atoms with Gasteiger partial charge < -0.3 is 19.1 Å². The second kappa shape index (κ2) is 8.65. The molecule has 1 aromatic heterocycles. The maximum atomic E-state index is 13.4. The van der Waals surface area contributed by atoms with Crippen LogP contribution in [0.4, 0.5) is 9.18 Å². The summed E-state index contributed by atoms with van der Waals surface area (Å²) >= 11 is 0. The summed E-state index contributed by atoms with van der Waals surface area (Å²) in [6.07, 6.45) is -0.361. The molecule has 2 aliphatic rings. The molecular weight excluding hydrogens is 427 g/mol. The summed E-state index contributed by atoms with van der Waals surface area (Å²) in [5.41, 5.74) is 1.47. The van der Waals surface area contributed by atoms with Gasteiger partial charge in [0.1, 0.15) is 17.5 Å². The highest BCUT2D eigenvalue weighted by atomic mass is 19.1. The van der Waals surface area contributed by atoms with Crippen molar-refractivity contribution in [2.24, 2.45) is 11.8 Å². The van der Waals surface area contributed by atoms with Gasteiger partial charge in [-0.15, -0.1) is 0 Å². The molecule has 7 nitrogen and oxygen atoms in total. The van der Waals surface area contributed by atoms with E-state index in [2.05, 4.69) is 4.98 Å². The molecule has 0 spiro atoms.